The summed E-state index contributed by atoms with van der Waals surface area (Å²) in [6.07, 6.45) is 3.45. The predicted octanol–water partition coefficient (Wildman–Crippen LogP) is 4.65. The van der Waals surface area contributed by atoms with Crippen LogP contribution in [0.25, 0.3) is 0 Å². The lowest BCUT2D eigenvalue weighted by molar-refractivity contribution is 0.272. The molecular formula is C21H28N2. The summed E-state index contributed by atoms with van der Waals surface area (Å²) < 4.78 is 0. The molecule has 0 N–H and O–H groups in total. The quantitative estimate of drug-likeness (QED) is 0.793. The maximum absolute atomic E-state index is 2.53. The Morgan fingerprint density at radius 1 is 0.913 bits per heavy atom. The molecule has 0 aliphatic carbocycles. The number of anilines is 2. The summed E-state index contributed by atoms with van der Waals surface area (Å²) in [7, 11) is 2.22. The summed E-state index contributed by atoms with van der Waals surface area (Å²) in [4.78, 5) is 4.96. The fraction of sp³-hybridized carbons (Fsp3) is 0.429. The fourth-order valence-electron chi connectivity index (χ4n) is 3.35. The van der Waals surface area contributed by atoms with Gasteiger partial charge in [-0.15, -0.1) is 0 Å². The topological polar surface area (TPSA) is 6.48 Å². The Morgan fingerprint density at radius 2 is 1.43 bits per heavy atom. The molecule has 0 amide bonds. The van der Waals surface area contributed by atoms with Gasteiger partial charge in [0.2, 0.25) is 0 Å². The lowest BCUT2D eigenvalue weighted by Crippen LogP contribution is -2.30. The third kappa shape index (κ3) is 3.59. The van der Waals surface area contributed by atoms with E-state index in [9.17, 15) is 0 Å². The number of benzene rings is 2. The molecule has 0 radical (unpaired) electrons. The molecule has 1 aliphatic heterocycles. The molecule has 0 fully saturated rings. The van der Waals surface area contributed by atoms with Crippen molar-refractivity contribution in [2.24, 2.45) is 0 Å². The van der Waals surface area contributed by atoms with Gasteiger partial charge in [-0.25, -0.2) is 0 Å². The van der Waals surface area contributed by atoms with Crippen molar-refractivity contribution in [1.82, 2.24) is 4.90 Å². The first kappa shape index (κ1) is 16.1. The van der Waals surface area contributed by atoms with Crippen LogP contribution < -0.4 is 4.90 Å². The Hall–Kier alpha value is -1.80. The Labute approximate surface area is 140 Å². The van der Waals surface area contributed by atoms with Gasteiger partial charge >= 0.3 is 0 Å². The molecule has 0 unspecified atom stereocenters. The number of rotatable bonds is 5. The van der Waals surface area contributed by atoms with Gasteiger partial charge < -0.3 is 9.80 Å². The maximum Gasteiger partial charge on any atom is 0.0443 e. The fourth-order valence-corrected chi connectivity index (χ4v) is 3.35. The van der Waals surface area contributed by atoms with Crippen molar-refractivity contribution in [1.29, 1.82) is 0 Å². The first-order valence-electron chi connectivity index (χ1n) is 8.80. The van der Waals surface area contributed by atoms with Crippen LogP contribution in [0.15, 0.2) is 48.5 Å². The van der Waals surface area contributed by atoms with Crippen molar-refractivity contribution in [2.75, 3.05) is 25.0 Å². The molecule has 122 valence electrons. The van der Waals surface area contributed by atoms with Gasteiger partial charge in [0.15, 0.2) is 0 Å². The zero-order valence-electron chi connectivity index (χ0n) is 14.6. The van der Waals surface area contributed by atoms with Crippen LogP contribution in [0.4, 0.5) is 11.4 Å². The van der Waals surface area contributed by atoms with Crippen LogP contribution in [-0.2, 0) is 12.8 Å². The average molecular weight is 308 g/mol. The summed E-state index contributed by atoms with van der Waals surface area (Å²) in [5.41, 5.74) is 5.73. The normalized spacial score (nSPS) is 13.9. The molecule has 2 aromatic rings. The Morgan fingerprint density at radius 3 is 1.96 bits per heavy atom. The largest absolute Gasteiger partial charge is 0.341 e. The van der Waals surface area contributed by atoms with E-state index in [4.69, 9.17) is 0 Å². The summed E-state index contributed by atoms with van der Waals surface area (Å²) >= 11 is 0. The van der Waals surface area contributed by atoms with Crippen LogP contribution in [0, 0.1) is 0 Å². The number of hydrogen-bond acceptors (Lipinski definition) is 2. The summed E-state index contributed by atoms with van der Waals surface area (Å²) in [5, 5.41) is 0. The van der Waals surface area contributed by atoms with Crippen LogP contribution in [0.2, 0.25) is 0 Å². The second-order valence-corrected chi connectivity index (χ2v) is 6.84. The average Bonchev–Trinajstić information content (AvgIpc) is 2.72. The number of hydrogen-bond donors (Lipinski definition) is 0. The Bertz CT molecular complexity index is 600. The Kier molecular flexibility index (Phi) is 5.02. The van der Waals surface area contributed by atoms with E-state index in [1.807, 2.05) is 0 Å². The van der Waals surface area contributed by atoms with Crippen LogP contribution in [0.5, 0.6) is 0 Å². The first-order valence-corrected chi connectivity index (χ1v) is 8.80. The molecule has 23 heavy (non-hydrogen) atoms. The van der Waals surface area contributed by atoms with E-state index in [1.165, 1.54) is 28.9 Å². The zero-order chi connectivity index (χ0) is 16.2. The van der Waals surface area contributed by atoms with E-state index < -0.39 is 0 Å². The van der Waals surface area contributed by atoms with Gasteiger partial charge in [0, 0.05) is 24.0 Å². The molecule has 2 aromatic carbocycles. The number of nitrogens with zero attached hydrogens (tertiary/aromatic N) is 2. The lowest BCUT2D eigenvalue weighted by atomic mass is 10.0. The zero-order valence-corrected chi connectivity index (χ0v) is 14.6. The van der Waals surface area contributed by atoms with Gasteiger partial charge in [0.25, 0.3) is 0 Å². The predicted molar refractivity (Wildman–Crippen MR) is 99.7 cm³/mol. The van der Waals surface area contributed by atoms with Gasteiger partial charge in [0.05, 0.1) is 0 Å². The maximum atomic E-state index is 2.53. The minimum Gasteiger partial charge on any atom is -0.341 e. The summed E-state index contributed by atoms with van der Waals surface area (Å²) in [6.45, 7) is 6.73. The van der Waals surface area contributed by atoms with Crippen molar-refractivity contribution >= 4 is 11.4 Å². The molecular weight excluding hydrogens is 280 g/mol. The highest BCUT2D eigenvalue weighted by atomic mass is 15.2. The van der Waals surface area contributed by atoms with Gasteiger partial charge in [0.1, 0.15) is 0 Å². The second-order valence-electron chi connectivity index (χ2n) is 6.84. The van der Waals surface area contributed by atoms with Crippen molar-refractivity contribution in [3.8, 4) is 0 Å². The molecule has 0 saturated carbocycles. The van der Waals surface area contributed by atoms with E-state index >= 15 is 0 Å². The smallest absolute Gasteiger partial charge is 0.0443 e. The van der Waals surface area contributed by atoms with Gasteiger partial charge in [-0.2, -0.15) is 0 Å². The van der Waals surface area contributed by atoms with Gasteiger partial charge in [-0.1, -0.05) is 36.4 Å². The molecule has 0 spiro atoms. The molecule has 1 heterocycles. The van der Waals surface area contributed by atoms with Crippen molar-refractivity contribution in [2.45, 2.75) is 39.2 Å². The van der Waals surface area contributed by atoms with Crippen molar-refractivity contribution in [3.05, 3.63) is 59.7 Å². The molecule has 2 nitrogen and oxygen atoms in total. The first-order chi connectivity index (χ1) is 11.2. The molecule has 0 bridgehead atoms. The van der Waals surface area contributed by atoms with Crippen LogP contribution in [0.3, 0.4) is 0 Å². The SMILES string of the molecule is CC(C)N(C)CCCN1c2ccccc2CCc2ccccc21. The molecule has 0 aromatic heterocycles. The van der Waals surface area contributed by atoms with Crippen LogP contribution >= 0.6 is 0 Å². The van der Waals surface area contributed by atoms with Crippen molar-refractivity contribution in [3.63, 3.8) is 0 Å². The van der Waals surface area contributed by atoms with Crippen LogP contribution in [0.1, 0.15) is 31.4 Å². The highest BCUT2D eigenvalue weighted by Gasteiger charge is 2.19. The van der Waals surface area contributed by atoms with E-state index in [0.29, 0.717) is 6.04 Å². The van der Waals surface area contributed by atoms with Gasteiger partial charge in [-0.05, 0) is 70.0 Å². The Balaban J connectivity index is 1.85. The second kappa shape index (κ2) is 7.18. The highest BCUT2D eigenvalue weighted by molar-refractivity contribution is 5.71. The minimum atomic E-state index is 0.610. The molecule has 0 atom stereocenters. The third-order valence-corrected chi connectivity index (χ3v) is 5.00. The summed E-state index contributed by atoms with van der Waals surface area (Å²) in [5.74, 6) is 0. The molecule has 0 saturated heterocycles. The van der Waals surface area contributed by atoms with E-state index in [1.54, 1.807) is 0 Å². The number of aryl methyl sites for hydroxylation is 2. The van der Waals surface area contributed by atoms with E-state index in [-0.39, 0.29) is 0 Å². The summed E-state index contributed by atoms with van der Waals surface area (Å²) in [6, 6.07) is 18.4. The molecule has 3 rings (SSSR count). The molecule has 1 aliphatic rings. The lowest BCUT2D eigenvalue weighted by Gasteiger charge is -2.28. The number of fused-ring (bicyclic) bond motifs is 2. The van der Waals surface area contributed by atoms with Crippen LogP contribution in [-0.4, -0.2) is 31.1 Å². The third-order valence-electron chi connectivity index (χ3n) is 5.00. The molecule has 2 heteroatoms. The van der Waals surface area contributed by atoms with Crippen molar-refractivity contribution < 1.29 is 0 Å². The van der Waals surface area contributed by atoms with E-state index in [2.05, 4.69) is 79.2 Å². The minimum absolute atomic E-state index is 0.610. The standard InChI is InChI=1S/C21H28N2/c1-17(2)22(3)15-8-16-23-20-11-6-4-9-18(20)13-14-19-10-5-7-12-21(19)23/h4-7,9-12,17H,8,13-16H2,1-3H3. The monoisotopic (exact) mass is 308 g/mol. The number of para-hydroxylation sites is 2. The van der Waals surface area contributed by atoms with Gasteiger partial charge in [-0.3, -0.25) is 0 Å². The highest BCUT2D eigenvalue weighted by Crippen LogP contribution is 2.35. The van der Waals surface area contributed by atoms with E-state index in [0.717, 1.165) is 25.9 Å².